The zero-order valence-corrected chi connectivity index (χ0v) is 55.1. The first kappa shape index (κ1) is 73.6. The highest BCUT2D eigenvalue weighted by atomic mass is 35.5. The molecule has 4 aliphatic rings. The van der Waals surface area contributed by atoms with E-state index in [1.165, 1.54) is 83.0 Å². The number of halogens is 6. The summed E-state index contributed by atoms with van der Waals surface area (Å²) in [7, 11) is 7.93. The molecule has 2 saturated heterocycles. The molecule has 2 aromatic carbocycles. The molecule has 11 amide bonds. The summed E-state index contributed by atoms with van der Waals surface area (Å²) < 4.78 is 70.4. The van der Waals surface area contributed by atoms with Crippen LogP contribution < -0.4 is 21.3 Å². The molecule has 9 atom stereocenters. The smallest absolute Gasteiger partial charge is 0.351 e. The van der Waals surface area contributed by atoms with Gasteiger partial charge >= 0.3 is 6.18 Å². The van der Waals surface area contributed by atoms with Crippen LogP contribution >= 0.6 is 11.6 Å². The fourth-order valence-electron chi connectivity index (χ4n) is 12.7. The molecule has 2 aliphatic heterocycles. The van der Waals surface area contributed by atoms with Crippen LogP contribution in [0.15, 0.2) is 36.4 Å². The van der Waals surface area contributed by atoms with E-state index in [2.05, 4.69) is 21.3 Å². The maximum atomic E-state index is 15.2. The van der Waals surface area contributed by atoms with E-state index in [1.54, 1.807) is 20.8 Å². The van der Waals surface area contributed by atoms with Crippen molar-refractivity contribution in [1.82, 2.24) is 55.6 Å². The Hall–Kier alpha value is -7.45. The summed E-state index contributed by atoms with van der Waals surface area (Å²) in [4.78, 5) is 167. The average Bonchev–Trinajstić information content (AvgIpc) is 1.59. The van der Waals surface area contributed by atoms with Gasteiger partial charge in [0, 0.05) is 67.7 Å². The molecule has 2 aromatic rings. The van der Waals surface area contributed by atoms with Crippen molar-refractivity contribution in [2.24, 2.45) is 11.8 Å². The Morgan fingerprint density at radius 1 is 0.630 bits per heavy atom. The molecule has 2 saturated carbocycles. The first-order chi connectivity index (χ1) is 43.1. The van der Waals surface area contributed by atoms with Gasteiger partial charge in [0.1, 0.15) is 47.8 Å². The van der Waals surface area contributed by atoms with Gasteiger partial charge in [-0.05, 0) is 119 Å². The molecule has 92 heavy (non-hydrogen) atoms. The van der Waals surface area contributed by atoms with Crippen LogP contribution in [0.3, 0.4) is 0 Å². The Labute approximate surface area is 539 Å². The van der Waals surface area contributed by atoms with Crippen LogP contribution in [0.5, 0.6) is 0 Å². The van der Waals surface area contributed by atoms with Gasteiger partial charge in [0.25, 0.3) is 0 Å². The number of fused-ring (bicyclic) bond motifs is 1. The van der Waals surface area contributed by atoms with Gasteiger partial charge in [-0.2, -0.15) is 13.2 Å². The molecule has 22 nitrogen and oxygen atoms in total. The highest BCUT2D eigenvalue weighted by Crippen LogP contribution is 2.38. The van der Waals surface area contributed by atoms with Crippen LogP contribution in [-0.2, 0) is 71.8 Å². The van der Waals surface area contributed by atoms with Gasteiger partial charge in [0.15, 0.2) is 11.6 Å². The number of nitrogens with zero attached hydrogens (tertiary/aromatic N) is 7. The van der Waals surface area contributed by atoms with Crippen molar-refractivity contribution in [3.05, 3.63) is 69.7 Å². The molecule has 2 heterocycles. The minimum absolute atomic E-state index is 0.00294. The molecule has 0 bridgehead atoms. The van der Waals surface area contributed by atoms with Crippen molar-refractivity contribution in [3.8, 4) is 0 Å². The summed E-state index contributed by atoms with van der Waals surface area (Å²) in [6, 6.07) is -4.11. The lowest BCUT2D eigenvalue weighted by Gasteiger charge is -2.40. The van der Waals surface area contributed by atoms with Crippen molar-refractivity contribution in [2.75, 3.05) is 61.9 Å². The number of hydrogen-bond acceptors (Lipinski definition) is 11. The maximum absolute atomic E-state index is 15.2. The van der Waals surface area contributed by atoms with Gasteiger partial charge in [0.2, 0.25) is 65.0 Å². The summed E-state index contributed by atoms with van der Waals surface area (Å²) >= 11 is 6.10. The Morgan fingerprint density at radius 3 is 1.85 bits per heavy atom. The second-order valence-electron chi connectivity index (χ2n) is 25.5. The summed E-state index contributed by atoms with van der Waals surface area (Å²) in [6.07, 6.45) is -0.915. The molecular formula is C64H89ClF5N11O11. The fourth-order valence-corrected chi connectivity index (χ4v) is 13.0. The zero-order chi connectivity index (χ0) is 68.4. The van der Waals surface area contributed by atoms with E-state index < -0.39 is 173 Å². The van der Waals surface area contributed by atoms with E-state index in [0.717, 1.165) is 56.7 Å². The first-order valence-electron chi connectivity index (χ1n) is 31.5. The number of likely N-dealkylation sites (N-methyl/N-ethyl adjacent to an activating group) is 6. The lowest BCUT2D eigenvalue weighted by molar-refractivity contribution is -0.150. The average molecular weight is 1320 g/mol. The molecule has 28 heteroatoms. The number of hydrogen-bond donors (Lipinski definition) is 4. The van der Waals surface area contributed by atoms with Crippen LogP contribution in [-0.4, -0.2) is 215 Å². The largest absolute Gasteiger partial charge is 0.417 e. The minimum atomic E-state index is -4.79. The molecule has 2 aliphatic carbocycles. The number of alkyl halides is 3. The molecule has 1 spiro atoms. The summed E-state index contributed by atoms with van der Waals surface area (Å²) in [5.74, 6) is -11.2. The van der Waals surface area contributed by atoms with Crippen molar-refractivity contribution < 1.29 is 74.7 Å². The fraction of sp³-hybridized carbons (Fsp3) is 0.641. The van der Waals surface area contributed by atoms with Crippen molar-refractivity contribution in [1.29, 1.82) is 0 Å². The third-order valence-electron chi connectivity index (χ3n) is 19.0. The lowest BCUT2D eigenvalue weighted by atomic mass is 9.90. The molecule has 4 fully saturated rings. The Morgan fingerprint density at radius 2 is 1.24 bits per heavy atom. The molecule has 0 aromatic heterocycles. The third-order valence-corrected chi connectivity index (χ3v) is 19.3. The van der Waals surface area contributed by atoms with Crippen molar-refractivity contribution in [2.45, 2.75) is 191 Å². The van der Waals surface area contributed by atoms with E-state index in [-0.39, 0.29) is 62.1 Å². The van der Waals surface area contributed by atoms with Gasteiger partial charge in [-0.15, -0.1) is 0 Å². The van der Waals surface area contributed by atoms with E-state index in [9.17, 15) is 65.1 Å². The topological polar surface area (TPSA) is 259 Å². The number of aryl methyl sites for hydroxylation is 1. The van der Waals surface area contributed by atoms with Crippen molar-refractivity contribution in [3.63, 3.8) is 0 Å². The Balaban J connectivity index is 1.38. The van der Waals surface area contributed by atoms with Crippen LogP contribution in [0, 0.1) is 23.5 Å². The second-order valence-corrected chi connectivity index (χ2v) is 25.9. The van der Waals surface area contributed by atoms with Crippen LogP contribution in [0.1, 0.15) is 135 Å². The highest BCUT2D eigenvalue weighted by Gasteiger charge is 2.50. The second kappa shape index (κ2) is 31.4. The molecular weight excluding hydrogens is 1230 g/mol. The number of nitrogens with one attached hydrogen (secondary N) is 4. The maximum Gasteiger partial charge on any atom is 0.417 e. The molecule has 6 rings (SSSR count). The lowest BCUT2D eigenvalue weighted by Crippen LogP contribution is -2.64. The number of benzene rings is 2. The van der Waals surface area contributed by atoms with E-state index in [1.807, 2.05) is 0 Å². The van der Waals surface area contributed by atoms with Gasteiger partial charge in [-0.1, -0.05) is 69.7 Å². The highest BCUT2D eigenvalue weighted by molar-refractivity contribution is 6.31. The predicted octanol–water partition coefficient (Wildman–Crippen LogP) is 4.61. The van der Waals surface area contributed by atoms with E-state index in [4.69, 9.17) is 11.6 Å². The van der Waals surface area contributed by atoms with Gasteiger partial charge < -0.3 is 55.6 Å². The van der Waals surface area contributed by atoms with Gasteiger partial charge in [-0.25, -0.2) is 8.78 Å². The summed E-state index contributed by atoms with van der Waals surface area (Å²) in [5, 5.41) is 10.8. The summed E-state index contributed by atoms with van der Waals surface area (Å²) in [5.41, 5.74) is -2.34. The molecule has 0 radical (unpaired) electrons. The number of amides is 11. The van der Waals surface area contributed by atoms with Crippen LogP contribution in [0.4, 0.5) is 22.0 Å². The van der Waals surface area contributed by atoms with Gasteiger partial charge in [-0.3, -0.25) is 52.7 Å². The van der Waals surface area contributed by atoms with E-state index >= 15 is 9.59 Å². The van der Waals surface area contributed by atoms with Crippen molar-refractivity contribution >= 4 is 76.6 Å². The van der Waals surface area contributed by atoms with Crippen LogP contribution in [0.25, 0.3) is 0 Å². The minimum Gasteiger partial charge on any atom is -0.351 e. The molecule has 4 N–H and O–H groups in total. The monoisotopic (exact) mass is 1320 g/mol. The standard InChI is InChI=1S/C64H89ClF5N11O11/c1-12-36(2)53-61(91)76(7)34-51(83)75(6)35-52(84)79(10)49(33-41-22-25-45(66)46(67)32-41)60(90)78(9)39(5)55(85)72-47(26-23-40-21-24-43(44(65)31-40)64(68,69)70)59(89)81-29-17-20-48(81)57(87)74-63(27-15-16-28-63)62(92)80(11)54(42-18-13-14-19-42)58(88)71-37(3)30-50(82)77(8)38(4)56(86)73-53/h21-22,24-25,31-32,36-39,42,47-49,53-54H,12-20,23,26-30,33-35H2,1-11H3,(H,71,88)(H,72,85)(H,73,86)(H,74,87)/t36-,37+,38-,39+,47-,48-,49-,53-,54-/m0/s1. The number of carbonyl (C=O) groups is 11. The first-order valence-corrected chi connectivity index (χ1v) is 31.9. The zero-order valence-electron chi connectivity index (χ0n) is 54.4. The summed E-state index contributed by atoms with van der Waals surface area (Å²) in [6.45, 7) is 6.59. The third kappa shape index (κ3) is 17.6. The SMILES string of the molecule is CC[C@H](C)[C@@H]1NC(=O)[C@H](C)N(C)C(=O)C[C@@H](C)NC(=O)[C@H](C2CCCC2)N(C)C(=O)C2(CCCC2)NC(=O)[C@@H]2CCCN2C(=O)[C@H](CCc2ccc(C(F)(F)F)c(Cl)c2)NC(=O)[C@@H](C)N(C)C(=O)[C@H](Cc2ccc(F)c(F)c2)N(C)C(=O)CN(C)C(=O)CN(C)C1=O. The van der Waals surface area contributed by atoms with Gasteiger partial charge in [0.05, 0.1) is 23.7 Å². The Bertz CT molecular complexity index is 3090. The Kier molecular flexibility index (Phi) is 25.2. The quantitative estimate of drug-likeness (QED) is 0.266. The molecule has 0 unspecified atom stereocenters. The molecule has 508 valence electrons. The van der Waals surface area contributed by atoms with E-state index in [0.29, 0.717) is 38.5 Å². The number of rotatable bonds is 8. The number of carbonyl (C=O) groups excluding carboxylic acids is 11. The van der Waals surface area contributed by atoms with Crippen LogP contribution in [0.2, 0.25) is 5.02 Å². The predicted molar refractivity (Wildman–Crippen MR) is 329 cm³/mol. The normalized spacial score (nSPS) is 26.5.